The third-order valence-corrected chi connectivity index (χ3v) is 2.85. The van der Waals surface area contributed by atoms with E-state index in [0.29, 0.717) is 23.7 Å². The Hall–Kier alpha value is -2.33. The van der Waals surface area contributed by atoms with Gasteiger partial charge in [-0.15, -0.1) is 0 Å². The first-order valence-electron chi connectivity index (χ1n) is 6.21. The zero-order valence-electron chi connectivity index (χ0n) is 11.2. The molecule has 0 aliphatic carbocycles. The number of benzene rings is 2. The molecule has 0 bridgehead atoms. The predicted molar refractivity (Wildman–Crippen MR) is 75.1 cm³/mol. The number of aliphatic hydroxyl groups excluding tert-OH is 1. The molecule has 0 aliphatic heterocycles. The van der Waals surface area contributed by atoms with E-state index in [4.69, 9.17) is 9.47 Å². The van der Waals surface area contributed by atoms with Crippen LogP contribution in [0.2, 0.25) is 0 Å². The van der Waals surface area contributed by atoms with Gasteiger partial charge in [0.2, 0.25) is 0 Å². The van der Waals surface area contributed by atoms with E-state index >= 15 is 0 Å². The lowest BCUT2D eigenvalue weighted by Gasteiger charge is -2.10. The Morgan fingerprint density at radius 2 is 1.90 bits per heavy atom. The number of rotatable bonds is 6. The molecule has 2 aromatic carbocycles. The van der Waals surface area contributed by atoms with Gasteiger partial charge in [0.05, 0.1) is 13.7 Å². The Morgan fingerprint density at radius 1 is 1.10 bits per heavy atom. The molecule has 2 rings (SSSR count). The van der Waals surface area contributed by atoms with Gasteiger partial charge in [-0.2, -0.15) is 0 Å². The molecule has 0 atom stereocenters. The number of hydrogen-bond acceptors (Lipinski definition) is 4. The highest BCUT2D eigenvalue weighted by Crippen LogP contribution is 2.23. The molecule has 2 aromatic rings. The monoisotopic (exact) mass is 272 g/mol. The maximum absolute atomic E-state index is 10.7. The molecule has 104 valence electrons. The normalized spacial score (nSPS) is 10.1. The predicted octanol–water partition coefficient (Wildman–Crippen LogP) is 2.58. The van der Waals surface area contributed by atoms with Gasteiger partial charge < -0.3 is 14.6 Å². The van der Waals surface area contributed by atoms with Crippen molar-refractivity contribution in [2.45, 2.75) is 13.2 Å². The Bertz CT molecular complexity index is 571. The number of carbonyl (C=O) groups is 1. The lowest BCUT2D eigenvalue weighted by molar-refractivity contribution is 0.112. The molecule has 0 unspecified atom stereocenters. The molecule has 1 N–H and O–H groups in total. The zero-order chi connectivity index (χ0) is 14.4. The van der Waals surface area contributed by atoms with E-state index in [1.807, 2.05) is 12.1 Å². The van der Waals surface area contributed by atoms with Gasteiger partial charge in [0.25, 0.3) is 0 Å². The van der Waals surface area contributed by atoms with Crippen LogP contribution in [0.5, 0.6) is 11.5 Å². The summed E-state index contributed by atoms with van der Waals surface area (Å²) in [6, 6.07) is 12.5. The number of aldehydes is 1. The molecule has 0 saturated heterocycles. The second kappa shape index (κ2) is 6.73. The van der Waals surface area contributed by atoms with E-state index in [1.54, 1.807) is 37.4 Å². The van der Waals surface area contributed by atoms with Crippen LogP contribution in [0.25, 0.3) is 0 Å². The third-order valence-electron chi connectivity index (χ3n) is 2.85. The molecule has 0 fully saturated rings. The molecule has 0 aromatic heterocycles. The Morgan fingerprint density at radius 3 is 2.60 bits per heavy atom. The molecule has 0 heterocycles. The maximum Gasteiger partial charge on any atom is 0.150 e. The van der Waals surface area contributed by atoms with Gasteiger partial charge in [0.1, 0.15) is 24.4 Å². The van der Waals surface area contributed by atoms with Crippen molar-refractivity contribution in [1.82, 2.24) is 0 Å². The molecule has 0 radical (unpaired) electrons. The van der Waals surface area contributed by atoms with Crippen molar-refractivity contribution in [3.63, 3.8) is 0 Å². The lowest BCUT2D eigenvalue weighted by atomic mass is 10.1. The van der Waals surface area contributed by atoms with Crippen molar-refractivity contribution in [3.8, 4) is 11.5 Å². The van der Waals surface area contributed by atoms with Gasteiger partial charge in [0.15, 0.2) is 0 Å². The number of methoxy groups -OCH3 is 1. The van der Waals surface area contributed by atoms with E-state index in [2.05, 4.69) is 0 Å². The van der Waals surface area contributed by atoms with Crippen LogP contribution < -0.4 is 9.47 Å². The topological polar surface area (TPSA) is 55.8 Å². The van der Waals surface area contributed by atoms with Crippen LogP contribution in [0.15, 0.2) is 42.5 Å². The fourth-order valence-electron chi connectivity index (χ4n) is 1.85. The summed E-state index contributed by atoms with van der Waals surface area (Å²) in [5, 5.41) is 9.19. The minimum absolute atomic E-state index is 0.0752. The fraction of sp³-hybridized carbons (Fsp3) is 0.188. The molecule has 0 aliphatic rings. The average Bonchev–Trinajstić information content (AvgIpc) is 2.52. The first kappa shape index (κ1) is 14.1. The van der Waals surface area contributed by atoms with E-state index in [1.165, 1.54) is 0 Å². The van der Waals surface area contributed by atoms with Gasteiger partial charge in [0, 0.05) is 11.6 Å². The van der Waals surface area contributed by atoms with E-state index < -0.39 is 0 Å². The number of hydrogen-bond donors (Lipinski definition) is 1. The van der Waals surface area contributed by atoms with E-state index in [-0.39, 0.29) is 6.61 Å². The first-order valence-corrected chi connectivity index (χ1v) is 6.21. The zero-order valence-corrected chi connectivity index (χ0v) is 11.2. The molecule has 0 amide bonds. The molecule has 0 saturated carbocycles. The highest BCUT2D eigenvalue weighted by molar-refractivity contribution is 5.74. The van der Waals surface area contributed by atoms with Crippen LogP contribution in [0.3, 0.4) is 0 Å². The average molecular weight is 272 g/mol. The van der Waals surface area contributed by atoms with Crippen LogP contribution in [-0.2, 0) is 13.2 Å². The Labute approximate surface area is 117 Å². The highest BCUT2D eigenvalue weighted by Gasteiger charge is 2.03. The van der Waals surface area contributed by atoms with Gasteiger partial charge in [-0.05, 0) is 29.3 Å². The highest BCUT2D eigenvalue weighted by atomic mass is 16.5. The van der Waals surface area contributed by atoms with Crippen molar-refractivity contribution in [1.29, 1.82) is 0 Å². The SMILES string of the molecule is COc1cc(CO)cc(OCc2cccc(C=O)c2)c1. The summed E-state index contributed by atoms with van der Waals surface area (Å²) in [4.78, 5) is 10.7. The van der Waals surface area contributed by atoms with Crippen LogP contribution in [0.1, 0.15) is 21.5 Å². The standard InChI is InChI=1S/C16H16O4/c1-19-15-6-14(10-18)7-16(8-15)20-11-13-4-2-3-12(5-13)9-17/h2-9,18H,10-11H2,1H3. The summed E-state index contributed by atoms with van der Waals surface area (Å²) in [6.45, 7) is 0.272. The van der Waals surface area contributed by atoms with Crippen LogP contribution in [-0.4, -0.2) is 18.5 Å². The molecular weight excluding hydrogens is 256 g/mol. The fourth-order valence-corrected chi connectivity index (χ4v) is 1.85. The lowest BCUT2D eigenvalue weighted by Crippen LogP contribution is -1.98. The van der Waals surface area contributed by atoms with Crippen molar-refractivity contribution < 1.29 is 19.4 Å². The van der Waals surface area contributed by atoms with Crippen molar-refractivity contribution in [2.75, 3.05) is 7.11 Å². The molecule has 4 nitrogen and oxygen atoms in total. The van der Waals surface area contributed by atoms with Crippen molar-refractivity contribution >= 4 is 6.29 Å². The Balaban J connectivity index is 2.11. The molecule has 4 heteroatoms. The van der Waals surface area contributed by atoms with Crippen LogP contribution in [0, 0.1) is 0 Å². The van der Waals surface area contributed by atoms with Gasteiger partial charge in [-0.25, -0.2) is 0 Å². The van der Waals surface area contributed by atoms with Crippen molar-refractivity contribution in [3.05, 3.63) is 59.2 Å². The minimum Gasteiger partial charge on any atom is -0.497 e. The second-order valence-electron chi connectivity index (χ2n) is 4.33. The number of carbonyl (C=O) groups excluding carboxylic acids is 1. The molecule has 0 spiro atoms. The largest absolute Gasteiger partial charge is 0.497 e. The smallest absolute Gasteiger partial charge is 0.150 e. The van der Waals surface area contributed by atoms with Gasteiger partial charge in [-0.1, -0.05) is 18.2 Å². The van der Waals surface area contributed by atoms with E-state index in [9.17, 15) is 9.90 Å². The summed E-state index contributed by atoms with van der Waals surface area (Å²) < 4.78 is 10.8. The maximum atomic E-state index is 10.7. The Kier molecular flexibility index (Phi) is 4.74. The summed E-state index contributed by atoms with van der Waals surface area (Å²) in [7, 11) is 1.56. The quantitative estimate of drug-likeness (QED) is 0.821. The van der Waals surface area contributed by atoms with Crippen LogP contribution in [0.4, 0.5) is 0 Å². The van der Waals surface area contributed by atoms with Crippen molar-refractivity contribution in [2.24, 2.45) is 0 Å². The van der Waals surface area contributed by atoms with Gasteiger partial charge in [-0.3, -0.25) is 4.79 Å². The number of ether oxygens (including phenoxy) is 2. The minimum atomic E-state index is -0.0752. The summed E-state index contributed by atoms with van der Waals surface area (Å²) in [5.41, 5.74) is 2.25. The van der Waals surface area contributed by atoms with Gasteiger partial charge >= 0.3 is 0 Å². The summed E-state index contributed by atoms with van der Waals surface area (Å²) in [5.74, 6) is 1.25. The molecular formula is C16H16O4. The van der Waals surface area contributed by atoms with E-state index in [0.717, 1.165) is 17.4 Å². The summed E-state index contributed by atoms with van der Waals surface area (Å²) >= 11 is 0. The number of aliphatic hydroxyl groups is 1. The second-order valence-corrected chi connectivity index (χ2v) is 4.33. The first-order chi connectivity index (χ1) is 9.75. The third kappa shape index (κ3) is 3.59. The summed E-state index contributed by atoms with van der Waals surface area (Å²) in [6.07, 6.45) is 0.804. The van der Waals surface area contributed by atoms with Crippen LogP contribution >= 0.6 is 0 Å². The molecule has 20 heavy (non-hydrogen) atoms.